The third kappa shape index (κ3) is 3.89. The summed E-state index contributed by atoms with van der Waals surface area (Å²) in [6, 6.07) is 7.66. The Morgan fingerprint density at radius 1 is 1.15 bits per heavy atom. The van der Waals surface area contributed by atoms with Crippen LogP contribution in [0.2, 0.25) is 0 Å². The molecule has 5 rings (SSSR count). The standard InChI is InChI=1S/C20H21N9O4/c21-17-14-18(29(10-23-14)19-16(32)15(31)13(8-30)33-19)26-20(25-17)27-24-7-11-1-3-12(4-2-11)28-6-5-22-9-28/h1-7,9-10,13,15-16,19,30-32H,8H2,(H3,21,25,26,27)/b24-7+/t13-,15+,16+,19-/m1/s1. The second kappa shape index (κ2) is 8.55. The summed E-state index contributed by atoms with van der Waals surface area (Å²) in [6.45, 7) is -0.441. The monoisotopic (exact) mass is 451 g/mol. The summed E-state index contributed by atoms with van der Waals surface area (Å²) in [5.74, 6) is 0.215. The van der Waals surface area contributed by atoms with E-state index >= 15 is 0 Å². The van der Waals surface area contributed by atoms with Gasteiger partial charge < -0.3 is 30.4 Å². The fraction of sp³-hybridized carbons (Fsp3) is 0.250. The van der Waals surface area contributed by atoms with Crippen molar-refractivity contribution in [3.8, 4) is 5.69 Å². The van der Waals surface area contributed by atoms with Gasteiger partial charge in [-0.15, -0.1) is 0 Å². The highest BCUT2D eigenvalue weighted by Gasteiger charge is 2.44. The van der Waals surface area contributed by atoms with Crippen molar-refractivity contribution in [2.75, 3.05) is 17.8 Å². The largest absolute Gasteiger partial charge is 0.394 e. The molecular weight excluding hydrogens is 430 g/mol. The second-order valence-corrected chi connectivity index (χ2v) is 7.42. The minimum absolute atomic E-state index is 0.105. The van der Waals surface area contributed by atoms with Crippen LogP contribution in [0.25, 0.3) is 16.9 Å². The minimum Gasteiger partial charge on any atom is -0.394 e. The third-order valence-electron chi connectivity index (χ3n) is 5.31. The first-order chi connectivity index (χ1) is 16.0. The van der Waals surface area contributed by atoms with Crippen LogP contribution in [0.5, 0.6) is 0 Å². The number of rotatable bonds is 6. The average Bonchev–Trinajstić information content (AvgIpc) is 3.55. The van der Waals surface area contributed by atoms with E-state index < -0.39 is 31.1 Å². The number of imidazole rings is 2. The Morgan fingerprint density at radius 3 is 2.67 bits per heavy atom. The van der Waals surface area contributed by atoms with E-state index in [1.165, 1.54) is 10.9 Å². The lowest BCUT2D eigenvalue weighted by Gasteiger charge is -2.16. The molecule has 1 aliphatic heterocycles. The number of hydrazone groups is 1. The van der Waals surface area contributed by atoms with Gasteiger partial charge in [-0.05, 0) is 17.7 Å². The molecule has 3 aromatic heterocycles. The number of nitrogen functional groups attached to an aromatic ring is 1. The molecule has 0 spiro atoms. The van der Waals surface area contributed by atoms with Gasteiger partial charge in [-0.25, -0.2) is 15.4 Å². The predicted octanol–water partition coefficient (Wildman–Crippen LogP) is -0.348. The molecule has 0 unspecified atom stereocenters. The van der Waals surface area contributed by atoms with Crippen LogP contribution in [-0.2, 0) is 4.74 Å². The van der Waals surface area contributed by atoms with E-state index in [4.69, 9.17) is 10.5 Å². The number of hydrogen-bond acceptors (Lipinski definition) is 11. The molecule has 0 saturated carbocycles. The molecule has 0 amide bonds. The number of aliphatic hydroxyl groups excluding tert-OH is 3. The maximum atomic E-state index is 10.3. The first-order valence-corrected chi connectivity index (χ1v) is 10.0. The van der Waals surface area contributed by atoms with Crippen molar-refractivity contribution in [2.24, 2.45) is 5.10 Å². The van der Waals surface area contributed by atoms with Crippen molar-refractivity contribution >= 4 is 29.1 Å². The van der Waals surface area contributed by atoms with Crippen molar-refractivity contribution in [3.63, 3.8) is 0 Å². The van der Waals surface area contributed by atoms with Crippen molar-refractivity contribution in [1.29, 1.82) is 0 Å². The van der Waals surface area contributed by atoms with E-state index in [0.717, 1.165) is 11.3 Å². The number of ether oxygens (including phenoxy) is 1. The van der Waals surface area contributed by atoms with Crippen LogP contribution in [0.4, 0.5) is 11.8 Å². The van der Waals surface area contributed by atoms with Crippen molar-refractivity contribution < 1.29 is 20.1 Å². The molecule has 170 valence electrons. The smallest absolute Gasteiger partial charge is 0.247 e. The summed E-state index contributed by atoms with van der Waals surface area (Å²) in [5.41, 5.74) is 11.1. The van der Waals surface area contributed by atoms with Gasteiger partial charge >= 0.3 is 0 Å². The molecule has 1 fully saturated rings. The molecule has 4 heterocycles. The molecule has 1 aliphatic rings. The van der Waals surface area contributed by atoms with Crippen LogP contribution in [-0.4, -0.2) is 75.5 Å². The van der Waals surface area contributed by atoms with Gasteiger partial charge in [-0.3, -0.25) is 4.57 Å². The SMILES string of the molecule is Nc1nc(N/N=C/c2ccc(-n3ccnc3)cc2)nc2c1ncn2[C@@H]1O[C@H](CO)[C@H](O)[C@@H]1O. The van der Waals surface area contributed by atoms with E-state index in [1.54, 1.807) is 18.7 Å². The van der Waals surface area contributed by atoms with E-state index in [0.29, 0.717) is 5.52 Å². The molecule has 0 aliphatic carbocycles. The van der Waals surface area contributed by atoms with Crippen LogP contribution in [0, 0.1) is 0 Å². The van der Waals surface area contributed by atoms with E-state index in [2.05, 4.69) is 30.5 Å². The molecule has 0 bridgehead atoms. The summed E-state index contributed by atoms with van der Waals surface area (Å²) in [5, 5.41) is 33.9. The Balaban J connectivity index is 1.35. The fourth-order valence-electron chi connectivity index (χ4n) is 3.59. The Labute approximate surface area is 186 Å². The lowest BCUT2D eigenvalue weighted by molar-refractivity contribution is -0.0511. The maximum Gasteiger partial charge on any atom is 0.247 e. The van der Waals surface area contributed by atoms with Gasteiger partial charge in [-0.2, -0.15) is 15.1 Å². The maximum absolute atomic E-state index is 10.3. The number of benzene rings is 1. The first kappa shape index (κ1) is 21.0. The Bertz CT molecular complexity index is 1270. The third-order valence-corrected chi connectivity index (χ3v) is 5.31. The van der Waals surface area contributed by atoms with E-state index in [1.807, 2.05) is 35.0 Å². The number of hydrogen-bond donors (Lipinski definition) is 5. The van der Waals surface area contributed by atoms with Crippen LogP contribution in [0.1, 0.15) is 11.8 Å². The van der Waals surface area contributed by atoms with Crippen LogP contribution in [0.3, 0.4) is 0 Å². The molecule has 6 N–H and O–H groups in total. The van der Waals surface area contributed by atoms with Crippen LogP contribution in [0.15, 0.2) is 54.4 Å². The number of nitrogens with one attached hydrogen (secondary N) is 1. The van der Waals surface area contributed by atoms with Crippen LogP contribution >= 0.6 is 0 Å². The van der Waals surface area contributed by atoms with Gasteiger partial charge in [0.2, 0.25) is 5.95 Å². The highest BCUT2D eigenvalue weighted by Crippen LogP contribution is 2.32. The number of aromatic nitrogens is 6. The summed E-state index contributed by atoms with van der Waals surface area (Å²) in [6.07, 6.45) is 3.80. The Kier molecular flexibility index (Phi) is 5.43. The number of fused-ring (bicyclic) bond motifs is 1. The number of nitrogens with two attached hydrogens (primary N) is 1. The molecule has 1 aromatic carbocycles. The Morgan fingerprint density at radius 2 is 1.97 bits per heavy atom. The zero-order valence-electron chi connectivity index (χ0n) is 17.2. The fourth-order valence-corrected chi connectivity index (χ4v) is 3.59. The molecule has 13 heteroatoms. The highest BCUT2D eigenvalue weighted by atomic mass is 16.6. The van der Waals surface area contributed by atoms with Gasteiger partial charge in [0.1, 0.15) is 23.8 Å². The van der Waals surface area contributed by atoms with Gasteiger partial charge in [0.05, 0.1) is 25.5 Å². The summed E-state index contributed by atoms with van der Waals surface area (Å²) < 4.78 is 8.88. The second-order valence-electron chi connectivity index (χ2n) is 7.42. The van der Waals surface area contributed by atoms with Crippen molar-refractivity contribution in [1.82, 2.24) is 29.1 Å². The molecule has 13 nitrogen and oxygen atoms in total. The molecule has 4 aromatic rings. The normalized spacial score (nSPS) is 23.0. The molecule has 1 saturated heterocycles. The van der Waals surface area contributed by atoms with E-state index in [-0.39, 0.29) is 17.4 Å². The zero-order chi connectivity index (χ0) is 22.9. The number of aliphatic hydroxyl groups is 3. The molecule has 4 atom stereocenters. The predicted molar refractivity (Wildman–Crippen MR) is 118 cm³/mol. The van der Waals surface area contributed by atoms with Crippen molar-refractivity contribution in [2.45, 2.75) is 24.5 Å². The average molecular weight is 451 g/mol. The molecular formula is C20H21N9O4. The van der Waals surface area contributed by atoms with Crippen molar-refractivity contribution in [3.05, 3.63) is 54.9 Å². The van der Waals surface area contributed by atoms with E-state index in [9.17, 15) is 15.3 Å². The van der Waals surface area contributed by atoms with Gasteiger partial charge in [-0.1, -0.05) is 12.1 Å². The summed E-state index contributed by atoms with van der Waals surface area (Å²) in [4.78, 5) is 16.7. The topological polar surface area (TPSA) is 182 Å². The lowest BCUT2D eigenvalue weighted by Crippen LogP contribution is -2.33. The van der Waals surface area contributed by atoms with Crippen LogP contribution < -0.4 is 11.2 Å². The molecule has 0 radical (unpaired) electrons. The highest BCUT2D eigenvalue weighted by molar-refractivity contribution is 5.83. The van der Waals surface area contributed by atoms with Gasteiger partial charge in [0.15, 0.2) is 17.7 Å². The number of nitrogens with zero attached hydrogens (tertiary/aromatic N) is 7. The lowest BCUT2D eigenvalue weighted by atomic mass is 10.1. The zero-order valence-corrected chi connectivity index (χ0v) is 17.2. The first-order valence-electron chi connectivity index (χ1n) is 10.0. The minimum atomic E-state index is -1.28. The summed E-state index contributed by atoms with van der Waals surface area (Å²) in [7, 11) is 0. The van der Waals surface area contributed by atoms with Gasteiger partial charge in [0, 0.05) is 18.1 Å². The quantitative estimate of drug-likeness (QED) is 0.192. The summed E-state index contributed by atoms with van der Waals surface area (Å²) >= 11 is 0. The molecule has 33 heavy (non-hydrogen) atoms. The van der Waals surface area contributed by atoms with Gasteiger partial charge in [0.25, 0.3) is 0 Å². The number of anilines is 2. The Hall–Kier alpha value is -3.91.